The van der Waals surface area contributed by atoms with E-state index in [0.717, 1.165) is 6.42 Å². The topological polar surface area (TPSA) is 194 Å². The van der Waals surface area contributed by atoms with Crippen molar-refractivity contribution in [3.05, 3.63) is 0 Å². The van der Waals surface area contributed by atoms with Crippen LogP contribution < -0.4 is 21.3 Å². The number of nitrogens with one attached hydrogen (secondary N) is 4. The maximum absolute atomic E-state index is 12.4. The molecule has 12 nitrogen and oxygen atoms in total. The highest BCUT2D eigenvalue weighted by Crippen LogP contribution is 2.06. The van der Waals surface area contributed by atoms with E-state index in [9.17, 15) is 34.2 Å². The summed E-state index contributed by atoms with van der Waals surface area (Å²) in [6, 6.07) is -4.73. The van der Waals surface area contributed by atoms with E-state index >= 15 is 0 Å². The van der Waals surface area contributed by atoms with Crippen molar-refractivity contribution >= 4 is 41.4 Å². The number of aliphatic hydroxyl groups is 1. The summed E-state index contributed by atoms with van der Waals surface area (Å²) in [5, 5.41) is 37.4. The Kier molecular flexibility index (Phi) is 11.1. The molecule has 0 radical (unpaired) electrons. The van der Waals surface area contributed by atoms with E-state index < -0.39 is 66.9 Å². The van der Waals surface area contributed by atoms with Crippen LogP contribution >= 0.6 is 11.8 Å². The molecule has 1 heterocycles. The van der Waals surface area contributed by atoms with Crippen molar-refractivity contribution in [1.82, 2.24) is 21.3 Å². The van der Waals surface area contributed by atoms with Crippen LogP contribution in [0.15, 0.2) is 0 Å². The van der Waals surface area contributed by atoms with Gasteiger partial charge in [-0.25, -0.2) is 4.79 Å². The highest BCUT2D eigenvalue weighted by Gasteiger charge is 2.32. The van der Waals surface area contributed by atoms with Crippen molar-refractivity contribution < 1.29 is 39.3 Å². The summed E-state index contributed by atoms with van der Waals surface area (Å²) in [5.74, 6) is -4.68. The molecule has 30 heavy (non-hydrogen) atoms. The highest BCUT2D eigenvalue weighted by molar-refractivity contribution is 7.98. The molecule has 1 saturated heterocycles. The number of thioether (sulfide) groups is 1. The molecule has 0 aliphatic carbocycles. The van der Waals surface area contributed by atoms with E-state index in [1.54, 1.807) is 6.26 Å². The van der Waals surface area contributed by atoms with Crippen LogP contribution in [0.2, 0.25) is 0 Å². The number of carboxylic acid groups (broad SMARTS) is 2. The quantitative estimate of drug-likeness (QED) is 0.158. The summed E-state index contributed by atoms with van der Waals surface area (Å²) in [4.78, 5) is 59.4. The van der Waals surface area contributed by atoms with Crippen molar-refractivity contribution in [3.8, 4) is 0 Å². The van der Waals surface area contributed by atoms with Gasteiger partial charge < -0.3 is 36.6 Å². The van der Waals surface area contributed by atoms with Crippen molar-refractivity contribution in [3.63, 3.8) is 0 Å². The first-order chi connectivity index (χ1) is 14.2. The van der Waals surface area contributed by atoms with Crippen LogP contribution in [-0.2, 0) is 24.0 Å². The molecule has 4 unspecified atom stereocenters. The molecule has 7 N–H and O–H groups in total. The molecule has 0 aromatic carbocycles. The molecule has 4 atom stereocenters. The smallest absolute Gasteiger partial charge is 0.326 e. The van der Waals surface area contributed by atoms with Crippen molar-refractivity contribution in [2.45, 2.75) is 49.9 Å². The monoisotopic (exact) mass is 448 g/mol. The van der Waals surface area contributed by atoms with E-state index in [1.807, 2.05) is 0 Å². The zero-order valence-corrected chi connectivity index (χ0v) is 17.4. The van der Waals surface area contributed by atoms with Crippen molar-refractivity contribution in [1.29, 1.82) is 0 Å². The van der Waals surface area contributed by atoms with E-state index in [2.05, 4.69) is 21.3 Å². The largest absolute Gasteiger partial charge is 0.481 e. The van der Waals surface area contributed by atoms with Gasteiger partial charge in [0.05, 0.1) is 19.1 Å². The Morgan fingerprint density at radius 1 is 1.03 bits per heavy atom. The minimum Gasteiger partial charge on any atom is -0.481 e. The van der Waals surface area contributed by atoms with Gasteiger partial charge in [-0.3, -0.25) is 19.2 Å². The third-order valence-electron chi connectivity index (χ3n) is 4.43. The molecule has 13 heteroatoms. The van der Waals surface area contributed by atoms with E-state index in [0.29, 0.717) is 18.7 Å². The predicted octanol–water partition coefficient (Wildman–Crippen LogP) is -2.50. The third-order valence-corrected chi connectivity index (χ3v) is 5.07. The maximum Gasteiger partial charge on any atom is 0.326 e. The summed E-state index contributed by atoms with van der Waals surface area (Å²) in [5.41, 5.74) is 0. The number of carboxylic acids is 2. The summed E-state index contributed by atoms with van der Waals surface area (Å²) >= 11 is 1.38. The zero-order chi connectivity index (χ0) is 22.7. The van der Waals surface area contributed by atoms with Crippen LogP contribution in [0.4, 0.5) is 0 Å². The zero-order valence-electron chi connectivity index (χ0n) is 16.6. The average molecular weight is 448 g/mol. The Hall–Kier alpha value is -2.38. The van der Waals surface area contributed by atoms with Gasteiger partial charge in [-0.15, -0.1) is 0 Å². The number of hydrogen-bond donors (Lipinski definition) is 7. The lowest BCUT2D eigenvalue weighted by atomic mass is 10.1. The van der Waals surface area contributed by atoms with Gasteiger partial charge in [-0.2, -0.15) is 11.8 Å². The van der Waals surface area contributed by atoms with Crippen LogP contribution in [0.3, 0.4) is 0 Å². The average Bonchev–Trinajstić information content (AvgIpc) is 3.22. The van der Waals surface area contributed by atoms with Gasteiger partial charge in [0.1, 0.15) is 18.1 Å². The molecule has 1 aliphatic rings. The van der Waals surface area contributed by atoms with Crippen LogP contribution in [-0.4, -0.2) is 94.3 Å². The molecule has 0 aromatic heterocycles. The SMILES string of the molecule is CSCCC(NC(=O)C(CC(=O)O)NC(=O)C(CO)NC(=O)C1CCCN1)C(=O)O. The number of carbonyl (C=O) groups excluding carboxylic acids is 3. The van der Waals surface area contributed by atoms with Gasteiger partial charge in [0.25, 0.3) is 0 Å². The lowest BCUT2D eigenvalue weighted by Gasteiger charge is -2.23. The second-order valence-electron chi connectivity index (χ2n) is 6.73. The minimum atomic E-state index is -1.58. The Morgan fingerprint density at radius 2 is 1.67 bits per heavy atom. The fraction of sp³-hybridized carbons (Fsp3) is 0.706. The first-order valence-electron chi connectivity index (χ1n) is 9.38. The molecule has 0 spiro atoms. The number of amides is 3. The van der Waals surface area contributed by atoms with E-state index in [-0.39, 0.29) is 6.42 Å². The summed E-state index contributed by atoms with van der Waals surface area (Å²) < 4.78 is 0. The van der Waals surface area contributed by atoms with Gasteiger partial charge in [0.2, 0.25) is 17.7 Å². The number of carbonyl (C=O) groups is 5. The van der Waals surface area contributed by atoms with Crippen LogP contribution in [0.25, 0.3) is 0 Å². The molecule has 3 amide bonds. The van der Waals surface area contributed by atoms with Crippen LogP contribution in [0.5, 0.6) is 0 Å². The normalized spacial score (nSPS) is 18.7. The fourth-order valence-electron chi connectivity index (χ4n) is 2.80. The lowest BCUT2D eigenvalue weighted by Crippen LogP contribution is -2.58. The van der Waals surface area contributed by atoms with Gasteiger partial charge in [0, 0.05) is 0 Å². The van der Waals surface area contributed by atoms with E-state index in [4.69, 9.17) is 5.11 Å². The molecule has 0 aromatic rings. The molecule has 1 aliphatic heterocycles. The summed E-state index contributed by atoms with van der Waals surface area (Å²) in [6.07, 6.45) is 2.43. The summed E-state index contributed by atoms with van der Waals surface area (Å²) in [6.45, 7) is -0.118. The summed E-state index contributed by atoms with van der Waals surface area (Å²) in [7, 11) is 0. The molecular weight excluding hydrogens is 420 g/mol. The standard InChI is InChI=1S/C17H28N4O8S/c1-30-6-4-10(17(28)29)19-15(26)11(7-13(23)24)20-16(27)12(8-22)21-14(25)9-3-2-5-18-9/h9-12,18,22H,2-8H2,1H3,(H,19,26)(H,20,27)(H,21,25)(H,23,24)(H,28,29). The second kappa shape index (κ2) is 13.0. The Morgan fingerprint density at radius 3 is 2.17 bits per heavy atom. The number of aliphatic carboxylic acids is 2. The minimum absolute atomic E-state index is 0.111. The Bertz CT molecular complexity index is 641. The van der Waals surface area contributed by atoms with E-state index in [1.165, 1.54) is 11.8 Å². The van der Waals surface area contributed by atoms with Gasteiger partial charge in [0.15, 0.2) is 0 Å². The lowest BCUT2D eigenvalue weighted by molar-refractivity contribution is -0.143. The predicted molar refractivity (Wildman–Crippen MR) is 107 cm³/mol. The third kappa shape index (κ3) is 8.55. The number of aliphatic hydroxyl groups excluding tert-OH is 1. The molecule has 1 rings (SSSR count). The first kappa shape index (κ1) is 25.7. The van der Waals surface area contributed by atoms with Gasteiger partial charge >= 0.3 is 11.9 Å². The maximum atomic E-state index is 12.4. The van der Waals surface area contributed by atoms with Crippen LogP contribution in [0, 0.1) is 0 Å². The molecule has 170 valence electrons. The molecule has 0 bridgehead atoms. The molecule has 0 saturated carbocycles. The molecule has 1 fully saturated rings. The van der Waals surface area contributed by atoms with Gasteiger partial charge in [-0.1, -0.05) is 0 Å². The van der Waals surface area contributed by atoms with Crippen molar-refractivity contribution in [2.24, 2.45) is 0 Å². The second-order valence-corrected chi connectivity index (χ2v) is 7.72. The first-order valence-corrected chi connectivity index (χ1v) is 10.8. The number of hydrogen-bond acceptors (Lipinski definition) is 8. The molecular formula is C17H28N4O8S. The Balaban J connectivity index is 2.78. The number of rotatable bonds is 13. The van der Waals surface area contributed by atoms with Gasteiger partial charge in [-0.05, 0) is 37.8 Å². The van der Waals surface area contributed by atoms with Crippen LogP contribution in [0.1, 0.15) is 25.7 Å². The Labute approximate surface area is 177 Å². The fourth-order valence-corrected chi connectivity index (χ4v) is 3.27. The highest BCUT2D eigenvalue weighted by atomic mass is 32.2. The van der Waals surface area contributed by atoms with Crippen molar-refractivity contribution in [2.75, 3.05) is 25.2 Å².